The van der Waals surface area contributed by atoms with Crippen molar-refractivity contribution in [2.24, 2.45) is 0 Å². The quantitative estimate of drug-likeness (QED) is 0.722. The molecule has 0 unspecified atom stereocenters. The van der Waals surface area contributed by atoms with Crippen molar-refractivity contribution in [3.63, 3.8) is 0 Å². The summed E-state index contributed by atoms with van der Waals surface area (Å²) in [6.45, 7) is 4.02. The van der Waals surface area contributed by atoms with Crippen LogP contribution in [0.15, 0.2) is 48.5 Å². The number of nitrogens with one attached hydrogen (secondary N) is 2. The van der Waals surface area contributed by atoms with E-state index in [1.165, 1.54) is 4.90 Å². The van der Waals surface area contributed by atoms with Crippen LogP contribution in [0.4, 0.5) is 5.69 Å². The van der Waals surface area contributed by atoms with E-state index in [1.807, 2.05) is 18.2 Å². The van der Waals surface area contributed by atoms with Gasteiger partial charge in [-0.3, -0.25) is 4.79 Å². The molecule has 2 N–H and O–H groups in total. The molecule has 0 saturated carbocycles. The summed E-state index contributed by atoms with van der Waals surface area (Å²) in [5.74, 6) is -1.01. The number of hydrogen-bond donors (Lipinski definition) is 2. The monoisotopic (exact) mass is 380 g/mol. The van der Waals surface area contributed by atoms with E-state index in [0.29, 0.717) is 16.8 Å². The van der Waals surface area contributed by atoms with Crippen molar-refractivity contribution in [2.45, 2.75) is 6.54 Å². The Labute approximate surface area is 163 Å². The van der Waals surface area contributed by atoms with Gasteiger partial charge >= 0.3 is 5.97 Å². The zero-order valence-corrected chi connectivity index (χ0v) is 15.4. The fourth-order valence-electron chi connectivity index (χ4n) is 2.96. The number of carbonyl (C=O) groups excluding carboxylic acids is 2. The summed E-state index contributed by atoms with van der Waals surface area (Å²) >= 11 is 0. The molecule has 7 nitrogen and oxygen atoms in total. The maximum Gasteiger partial charge on any atom is 0.338 e. The van der Waals surface area contributed by atoms with Gasteiger partial charge in [0, 0.05) is 11.3 Å². The molecule has 28 heavy (non-hydrogen) atoms. The average Bonchev–Trinajstić information content (AvgIpc) is 2.73. The Morgan fingerprint density at radius 1 is 1.14 bits per heavy atom. The number of anilines is 1. The standard InChI is InChI=1S/C21H21N3O4/c22-13-17-2-1-3-19(12-17)23-20(25)15-28-21(26)18-6-4-16(5-7-18)14-24-8-10-27-11-9-24/h1-7,12H,8-11,14-15H2,(H,23,25)/p+1. The Morgan fingerprint density at radius 2 is 1.89 bits per heavy atom. The van der Waals surface area contributed by atoms with E-state index in [-0.39, 0.29) is 0 Å². The minimum atomic E-state index is -0.550. The maximum atomic E-state index is 12.1. The van der Waals surface area contributed by atoms with Gasteiger partial charge in [-0.25, -0.2) is 4.79 Å². The summed E-state index contributed by atoms with van der Waals surface area (Å²) < 4.78 is 10.4. The minimum Gasteiger partial charge on any atom is -0.452 e. The SMILES string of the molecule is N#Cc1cccc(NC(=O)COC(=O)c2ccc(C[NH+]3CCOCC3)cc2)c1. The second-order valence-corrected chi connectivity index (χ2v) is 6.55. The van der Waals surface area contributed by atoms with Crippen molar-refractivity contribution in [1.29, 1.82) is 5.26 Å². The lowest BCUT2D eigenvalue weighted by atomic mass is 10.1. The van der Waals surface area contributed by atoms with Crippen molar-refractivity contribution in [2.75, 3.05) is 38.2 Å². The molecule has 0 spiro atoms. The molecule has 0 aliphatic carbocycles. The van der Waals surface area contributed by atoms with Gasteiger partial charge in [0.2, 0.25) is 0 Å². The number of morpholine rings is 1. The number of rotatable bonds is 6. The summed E-state index contributed by atoms with van der Waals surface area (Å²) in [7, 11) is 0. The third-order valence-corrected chi connectivity index (χ3v) is 4.45. The van der Waals surface area contributed by atoms with Crippen LogP contribution in [0, 0.1) is 11.3 Å². The van der Waals surface area contributed by atoms with Crippen molar-refractivity contribution in [1.82, 2.24) is 0 Å². The second-order valence-electron chi connectivity index (χ2n) is 6.55. The number of amides is 1. The normalized spacial score (nSPS) is 14.1. The molecule has 0 atom stereocenters. The molecule has 0 bridgehead atoms. The smallest absolute Gasteiger partial charge is 0.338 e. The number of benzene rings is 2. The van der Waals surface area contributed by atoms with Crippen molar-refractivity contribution < 1.29 is 24.0 Å². The number of carbonyl (C=O) groups is 2. The van der Waals surface area contributed by atoms with Crippen LogP contribution in [0.5, 0.6) is 0 Å². The van der Waals surface area contributed by atoms with Gasteiger partial charge in [0.05, 0.1) is 30.4 Å². The van der Waals surface area contributed by atoms with Crippen LogP contribution in [0.1, 0.15) is 21.5 Å². The van der Waals surface area contributed by atoms with E-state index in [9.17, 15) is 9.59 Å². The number of nitrogens with zero attached hydrogens (tertiary/aromatic N) is 1. The number of hydrogen-bond acceptors (Lipinski definition) is 5. The molecule has 2 aromatic rings. The zero-order valence-electron chi connectivity index (χ0n) is 15.4. The predicted octanol–water partition coefficient (Wildman–Crippen LogP) is 0.769. The summed E-state index contributed by atoms with van der Waals surface area (Å²) in [6.07, 6.45) is 0. The number of esters is 1. The molecular formula is C21H22N3O4+. The first-order valence-corrected chi connectivity index (χ1v) is 9.11. The zero-order chi connectivity index (χ0) is 19.8. The number of nitriles is 1. The molecule has 1 heterocycles. The van der Waals surface area contributed by atoms with E-state index in [0.717, 1.165) is 38.4 Å². The number of ether oxygens (including phenoxy) is 2. The molecule has 1 saturated heterocycles. The molecule has 144 valence electrons. The molecule has 1 fully saturated rings. The lowest BCUT2D eigenvalue weighted by Crippen LogP contribution is -3.12. The lowest BCUT2D eigenvalue weighted by molar-refractivity contribution is -0.921. The van der Waals surface area contributed by atoms with Crippen LogP contribution in [0.2, 0.25) is 0 Å². The van der Waals surface area contributed by atoms with Crippen LogP contribution in [-0.4, -0.2) is 44.8 Å². The first-order chi connectivity index (χ1) is 13.6. The molecule has 2 aromatic carbocycles. The molecule has 1 amide bonds. The average molecular weight is 380 g/mol. The van der Waals surface area contributed by atoms with Gasteiger partial charge < -0.3 is 19.7 Å². The van der Waals surface area contributed by atoms with Crippen LogP contribution in [-0.2, 0) is 20.8 Å². The predicted molar refractivity (Wildman–Crippen MR) is 102 cm³/mol. The first kappa shape index (κ1) is 19.5. The van der Waals surface area contributed by atoms with Crippen LogP contribution >= 0.6 is 0 Å². The fourth-order valence-corrected chi connectivity index (χ4v) is 2.96. The van der Waals surface area contributed by atoms with Crippen LogP contribution < -0.4 is 10.2 Å². The van der Waals surface area contributed by atoms with Gasteiger partial charge in [0.1, 0.15) is 19.6 Å². The van der Waals surface area contributed by atoms with Crippen molar-refractivity contribution >= 4 is 17.6 Å². The Bertz CT molecular complexity index is 868. The van der Waals surface area contributed by atoms with E-state index in [4.69, 9.17) is 14.7 Å². The largest absolute Gasteiger partial charge is 0.452 e. The molecule has 7 heteroatoms. The lowest BCUT2D eigenvalue weighted by Gasteiger charge is -2.23. The highest BCUT2D eigenvalue weighted by atomic mass is 16.5. The highest BCUT2D eigenvalue weighted by molar-refractivity contribution is 5.95. The third kappa shape index (κ3) is 5.64. The Kier molecular flexibility index (Phi) is 6.73. The van der Waals surface area contributed by atoms with Crippen LogP contribution in [0.25, 0.3) is 0 Å². The molecule has 1 aliphatic heterocycles. The molecule has 3 rings (SSSR count). The van der Waals surface area contributed by atoms with Gasteiger partial charge in [0.25, 0.3) is 5.91 Å². The summed E-state index contributed by atoms with van der Waals surface area (Å²) in [5, 5.41) is 11.5. The molecule has 0 radical (unpaired) electrons. The first-order valence-electron chi connectivity index (χ1n) is 9.11. The summed E-state index contributed by atoms with van der Waals surface area (Å²) in [6, 6.07) is 15.8. The van der Waals surface area contributed by atoms with Gasteiger partial charge in [-0.05, 0) is 30.3 Å². The van der Waals surface area contributed by atoms with Crippen molar-refractivity contribution in [3.05, 3.63) is 65.2 Å². The van der Waals surface area contributed by atoms with E-state index < -0.39 is 18.5 Å². The van der Waals surface area contributed by atoms with Gasteiger partial charge in [0.15, 0.2) is 6.61 Å². The van der Waals surface area contributed by atoms with E-state index >= 15 is 0 Å². The highest BCUT2D eigenvalue weighted by Gasteiger charge is 2.15. The number of quaternary nitrogens is 1. The molecular weight excluding hydrogens is 358 g/mol. The fraction of sp³-hybridized carbons (Fsp3) is 0.286. The second kappa shape index (κ2) is 9.65. The minimum absolute atomic E-state index is 0.394. The van der Waals surface area contributed by atoms with Crippen LogP contribution in [0.3, 0.4) is 0 Å². The molecule has 0 aromatic heterocycles. The van der Waals surface area contributed by atoms with E-state index in [2.05, 4.69) is 5.32 Å². The van der Waals surface area contributed by atoms with Crippen molar-refractivity contribution in [3.8, 4) is 6.07 Å². The van der Waals surface area contributed by atoms with Gasteiger partial charge in [-0.1, -0.05) is 18.2 Å². The maximum absolute atomic E-state index is 12.1. The van der Waals surface area contributed by atoms with Gasteiger partial charge in [-0.15, -0.1) is 0 Å². The Hall–Kier alpha value is -3.21. The summed E-state index contributed by atoms with van der Waals surface area (Å²) in [4.78, 5) is 25.5. The molecule has 1 aliphatic rings. The summed E-state index contributed by atoms with van der Waals surface area (Å²) in [5.41, 5.74) is 2.47. The van der Waals surface area contributed by atoms with Gasteiger partial charge in [-0.2, -0.15) is 5.26 Å². The van der Waals surface area contributed by atoms with E-state index in [1.54, 1.807) is 36.4 Å². The Morgan fingerprint density at radius 3 is 2.61 bits per heavy atom. The Balaban J connectivity index is 1.47. The topological polar surface area (TPSA) is 92.9 Å². The highest BCUT2D eigenvalue weighted by Crippen LogP contribution is 2.10. The third-order valence-electron chi connectivity index (χ3n) is 4.45.